The molecule has 1 aromatic carbocycles. The molecule has 0 saturated carbocycles. The highest BCUT2D eigenvalue weighted by Crippen LogP contribution is 2.35. The molecule has 0 unspecified atom stereocenters. The average molecular weight is 499 g/mol. The van der Waals surface area contributed by atoms with Crippen molar-refractivity contribution in [1.29, 1.82) is 0 Å². The van der Waals surface area contributed by atoms with Crippen LogP contribution in [0.3, 0.4) is 0 Å². The standard InChI is InChI=1S/C28H31FN8/c1-37(2)10-9-31-20-12-18(11-19(29)13-20)27-21-15-25(34-23(21)5-8-32-27)28-22-14-24(17-3-6-30-7-4-17)33-16-26(22)35-36-28/h5,8,11-17,30-31,34H,3-4,6-7,9-10H2,1-2H3,(H,35,36). The summed E-state index contributed by atoms with van der Waals surface area (Å²) in [6.45, 7) is 3.62. The van der Waals surface area contributed by atoms with Crippen LogP contribution in [0, 0.1) is 5.82 Å². The van der Waals surface area contributed by atoms with Crippen molar-refractivity contribution in [2.45, 2.75) is 18.8 Å². The Labute approximate surface area is 214 Å². The molecule has 0 amide bonds. The summed E-state index contributed by atoms with van der Waals surface area (Å²) in [5.74, 6) is 0.163. The fourth-order valence-electron chi connectivity index (χ4n) is 5.14. The van der Waals surface area contributed by atoms with Crippen molar-refractivity contribution < 1.29 is 4.39 Å². The van der Waals surface area contributed by atoms with Gasteiger partial charge >= 0.3 is 0 Å². The van der Waals surface area contributed by atoms with Crippen molar-refractivity contribution in [3.05, 3.63) is 60.3 Å². The van der Waals surface area contributed by atoms with Gasteiger partial charge in [0.05, 0.1) is 23.1 Å². The first-order valence-electron chi connectivity index (χ1n) is 12.8. The zero-order valence-electron chi connectivity index (χ0n) is 21.1. The van der Waals surface area contributed by atoms with Crippen LogP contribution in [0.2, 0.25) is 0 Å². The summed E-state index contributed by atoms with van der Waals surface area (Å²) in [5.41, 5.74) is 6.88. The number of benzene rings is 1. The molecular formula is C28H31FN8. The van der Waals surface area contributed by atoms with Gasteiger partial charge in [-0.3, -0.25) is 15.1 Å². The lowest BCUT2D eigenvalue weighted by atomic mass is 9.93. The van der Waals surface area contributed by atoms with Crippen molar-refractivity contribution >= 4 is 27.5 Å². The second kappa shape index (κ2) is 9.91. The summed E-state index contributed by atoms with van der Waals surface area (Å²) in [7, 11) is 4.03. The van der Waals surface area contributed by atoms with Gasteiger partial charge in [-0.1, -0.05) is 0 Å². The van der Waals surface area contributed by atoms with E-state index in [0.717, 1.165) is 94.9 Å². The van der Waals surface area contributed by atoms with Crippen molar-refractivity contribution in [3.8, 4) is 22.6 Å². The third-order valence-electron chi connectivity index (χ3n) is 7.09. The van der Waals surface area contributed by atoms with Crippen LogP contribution in [-0.2, 0) is 0 Å². The van der Waals surface area contributed by atoms with Gasteiger partial charge in [-0.25, -0.2) is 4.39 Å². The van der Waals surface area contributed by atoms with E-state index in [-0.39, 0.29) is 5.82 Å². The van der Waals surface area contributed by atoms with Gasteiger partial charge in [-0.05, 0) is 76.4 Å². The van der Waals surface area contributed by atoms with E-state index in [1.54, 1.807) is 6.20 Å². The number of rotatable bonds is 7. The molecule has 8 nitrogen and oxygen atoms in total. The van der Waals surface area contributed by atoms with Crippen LogP contribution in [0.1, 0.15) is 24.5 Å². The Bertz CT molecular complexity index is 1550. The number of nitrogens with zero attached hydrogens (tertiary/aromatic N) is 4. The Morgan fingerprint density at radius 3 is 2.68 bits per heavy atom. The normalized spacial score (nSPS) is 14.7. The Morgan fingerprint density at radius 2 is 1.84 bits per heavy atom. The largest absolute Gasteiger partial charge is 0.384 e. The maximum absolute atomic E-state index is 14.6. The first-order valence-corrected chi connectivity index (χ1v) is 12.8. The number of aromatic nitrogens is 5. The van der Waals surface area contributed by atoms with Gasteiger partial charge in [0.1, 0.15) is 11.5 Å². The van der Waals surface area contributed by atoms with Crippen LogP contribution in [0.15, 0.2) is 48.8 Å². The zero-order chi connectivity index (χ0) is 25.4. The van der Waals surface area contributed by atoms with Gasteiger partial charge in [0.15, 0.2) is 0 Å². The Kier molecular flexibility index (Phi) is 6.31. The first-order chi connectivity index (χ1) is 18.0. The minimum atomic E-state index is -0.296. The highest BCUT2D eigenvalue weighted by Gasteiger charge is 2.20. The summed E-state index contributed by atoms with van der Waals surface area (Å²) < 4.78 is 14.6. The van der Waals surface area contributed by atoms with E-state index in [1.807, 2.05) is 32.4 Å². The number of pyridine rings is 2. The average Bonchev–Trinajstić information content (AvgIpc) is 3.52. The topological polar surface area (TPSA) is 97.5 Å². The molecule has 5 aromatic rings. The number of anilines is 1. The predicted octanol–water partition coefficient (Wildman–Crippen LogP) is 4.75. The lowest BCUT2D eigenvalue weighted by Crippen LogP contribution is -2.27. The monoisotopic (exact) mass is 498 g/mol. The van der Waals surface area contributed by atoms with Crippen molar-refractivity contribution in [3.63, 3.8) is 0 Å². The lowest BCUT2D eigenvalue weighted by Gasteiger charge is -2.22. The number of fused-ring (bicyclic) bond motifs is 2. The fraction of sp³-hybridized carbons (Fsp3) is 0.321. The summed E-state index contributed by atoms with van der Waals surface area (Å²) in [6.07, 6.45) is 5.82. The number of aromatic amines is 2. The number of hydrogen-bond acceptors (Lipinski definition) is 6. The van der Waals surface area contributed by atoms with Crippen molar-refractivity contribution in [1.82, 2.24) is 35.4 Å². The van der Waals surface area contributed by atoms with Crippen LogP contribution in [0.5, 0.6) is 0 Å². The molecule has 1 fully saturated rings. The molecule has 1 aliphatic heterocycles. The third-order valence-corrected chi connectivity index (χ3v) is 7.09. The zero-order valence-corrected chi connectivity index (χ0v) is 21.1. The van der Waals surface area contributed by atoms with Gasteiger partial charge in [-0.2, -0.15) is 5.10 Å². The van der Waals surface area contributed by atoms with E-state index < -0.39 is 0 Å². The summed E-state index contributed by atoms with van der Waals surface area (Å²) in [4.78, 5) is 14.9. The Morgan fingerprint density at radius 1 is 1.00 bits per heavy atom. The molecule has 190 valence electrons. The fourth-order valence-corrected chi connectivity index (χ4v) is 5.14. The molecular weight excluding hydrogens is 467 g/mol. The maximum atomic E-state index is 14.6. The maximum Gasteiger partial charge on any atom is 0.125 e. The van der Waals surface area contributed by atoms with Gasteiger partial charge in [0, 0.05) is 58.4 Å². The van der Waals surface area contributed by atoms with Crippen molar-refractivity contribution in [2.75, 3.05) is 45.6 Å². The molecule has 5 heterocycles. The van der Waals surface area contributed by atoms with E-state index >= 15 is 0 Å². The third kappa shape index (κ3) is 4.80. The van der Waals surface area contributed by atoms with E-state index in [1.165, 1.54) is 12.1 Å². The molecule has 0 spiro atoms. The molecule has 6 rings (SSSR count). The highest BCUT2D eigenvalue weighted by atomic mass is 19.1. The van der Waals surface area contributed by atoms with Gasteiger partial charge < -0.3 is 20.5 Å². The molecule has 1 saturated heterocycles. The Hall–Kier alpha value is -3.82. The smallest absolute Gasteiger partial charge is 0.125 e. The quantitative estimate of drug-likeness (QED) is 0.259. The number of H-pyrrole nitrogens is 2. The lowest BCUT2D eigenvalue weighted by molar-refractivity contribution is 0.425. The number of nitrogens with one attached hydrogen (secondary N) is 4. The molecule has 0 radical (unpaired) electrons. The number of hydrogen-bond donors (Lipinski definition) is 4. The molecule has 0 bridgehead atoms. The van der Waals surface area contributed by atoms with E-state index in [2.05, 4.69) is 47.8 Å². The SMILES string of the molecule is CN(C)CCNc1cc(F)cc(-c2nccc3[nH]c(-c4n[nH]c5cnc(C6CCNCC6)cc45)cc23)c1. The van der Waals surface area contributed by atoms with Crippen LogP contribution < -0.4 is 10.6 Å². The van der Waals surface area contributed by atoms with Gasteiger partial charge in [-0.15, -0.1) is 0 Å². The molecule has 9 heteroatoms. The second-order valence-electron chi connectivity index (χ2n) is 10.0. The summed E-state index contributed by atoms with van der Waals surface area (Å²) in [5, 5.41) is 16.5. The molecule has 4 N–H and O–H groups in total. The Balaban J connectivity index is 1.37. The number of piperidine rings is 1. The summed E-state index contributed by atoms with van der Waals surface area (Å²) in [6, 6.07) is 11.2. The molecule has 0 aliphatic carbocycles. The molecule has 37 heavy (non-hydrogen) atoms. The highest BCUT2D eigenvalue weighted by molar-refractivity contribution is 6.00. The van der Waals surface area contributed by atoms with E-state index in [9.17, 15) is 4.39 Å². The molecule has 4 aromatic heterocycles. The van der Waals surface area contributed by atoms with Crippen LogP contribution >= 0.6 is 0 Å². The molecule has 0 atom stereocenters. The van der Waals surface area contributed by atoms with E-state index in [4.69, 9.17) is 4.98 Å². The van der Waals surface area contributed by atoms with Crippen LogP contribution in [0.4, 0.5) is 10.1 Å². The number of halogens is 1. The molecule has 1 aliphatic rings. The second-order valence-corrected chi connectivity index (χ2v) is 10.0. The minimum absolute atomic E-state index is 0.296. The van der Waals surface area contributed by atoms with Gasteiger partial charge in [0.25, 0.3) is 0 Å². The van der Waals surface area contributed by atoms with Crippen LogP contribution in [-0.4, -0.2) is 70.3 Å². The predicted molar refractivity (Wildman–Crippen MR) is 146 cm³/mol. The first kappa shape index (κ1) is 23.6. The number of likely N-dealkylation sites (N-methyl/N-ethyl adjacent to an activating group) is 1. The summed E-state index contributed by atoms with van der Waals surface area (Å²) >= 11 is 0. The minimum Gasteiger partial charge on any atom is -0.384 e. The van der Waals surface area contributed by atoms with Gasteiger partial charge in [0.2, 0.25) is 0 Å². The van der Waals surface area contributed by atoms with E-state index in [0.29, 0.717) is 5.92 Å². The van der Waals surface area contributed by atoms with Crippen LogP contribution in [0.25, 0.3) is 44.5 Å². The van der Waals surface area contributed by atoms with Crippen molar-refractivity contribution in [2.24, 2.45) is 0 Å².